The molecule has 3 rings (SSSR count). The Kier molecular flexibility index (Phi) is 4.37. The molecular weight excluding hydrogens is 292 g/mol. The van der Waals surface area contributed by atoms with E-state index in [0.717, 1.165) is 22.7 Å². The van der Waals surface area contributed by atoms with Crippen molar-refractivity contribution in [2.45, 2.75) is 13.0 Å². The number of likely N-dealkylation sites (N-methyl/N-ethyl adjacent to an activating group) is 1. The van der Waals surface area contributed by atoms with Crippen molar-refractivity contribution in [3.8, 4) is 11.5 Å². The number of fused-ring (bicyclic) bond motifs is 1. The van der Waals surface area contributed by atoms with E-state index in [-0.39, 0.29) is 12.1 Å². The van der Waals surface area contributed by atoms with Crippen LogP contribution in [0.3, 0.4) is 0 Å². The summed E-state index contributed by atoms with van der Waals surface area (Å²) in [6, 6.07) is 15.1. The van der Waals surface area contributed by atoms with E-state index in [1.165, 1.54) is 0 Å². The highest BCUT2D eigenvalue weighted by Crippen LogP contribution is 2.30. The highest BCUT2D eigenvalue weighted by molar-refractivity contribution is 5.89. The average Bonchev–Trinajstić information content (AvgIpc) is 2.56. The van der Waals surface area contributed by atoms with Crippen molar-refractivity contribution in [2.75, 3.05) is 25.5 Å². The smallest absolute Gasteiger partial charge is 0.321 e. The molecule has 1 N–H and O–H groups in total. The molecule has 2 aromatic carbocycles. The van der Waals surface area contributed by atoms with Crippen molar-refractivity contribution in [3.63, 3.8) is 0 Å². The second-order valence-corrected chi connectivity index (χ2v) is 5.67. The lowest BCUT2D eigenvalue weighted by atomic mass is 10.2. The first kappa shape index (κ1) is 15.2. The summed E-state index contributed by atoms with van der Waals surface area (Å²) in [5, 5.41) is 2.87. The van der Waals surface area contributed by atoms with Gasteiger partial charge in [0.05, 0.1) is 6.54 Å². The molecule has 2 aromatic rings. The van der Waals surface area contributed by atoms with Gasteiger partial charge in [-0.25, -0.2) is 4.79 Å². The lowest BCUT2D eigenvalue weighted by Crippen LogP contribution is -2.43. The number of ether oxygens (including phenoxy) is 2. The lowest BCUT2D eigenvalue weighted by Gasteiger charge is -2.29. The molecule has 1 aliphatic heterocycles. The van der Waals surface area contributed by atoms with Crippen LogP contribution < -0.4 is 14.8 Å². The average molecular weight is 312 g/mol. The van der Waals surface area contributed by atoms with Crippen molar-refractivity contribution < 1.29 is 14.3 Å². The molecule has 5 nitrogen and oxygen atoms in total. The van der Waals surface area contributed by atoms with Crippen LogP contribution in [-0.2, 0) is 0 Å². The molecule has 0 bridgehead atoms. The third-order valence-electron chi connectivity index (χ3n) is 3.69. The number of urea groups is 1. The molecule has 1 unspecified atom stereocenters. The third-order valence-corrected chi connectivity index (χ3v) is 3.69. The Morgan fingerprint density at radius 3 is 2.61 bits per heavy atom. The van der Waals surface area contributed by atoms with Gasteiger partial charge in [-0.2, -0.15) is 0 Å². The Balaban J connectivity index is 1.56. The fourth-order valence-electron chi connectivity index (χ4n) is 2.40. The second kappa shape index (κ2) is 6.60. The minimum absolute atomic E-state index is 0.170. The van der Waals surface area contributed by atoms with Gasteiger partial charge in [-0.05, 0) is 31.2 Å². The van der Waals surface area contributed by atoms with Crippen molar-refractivity contribution in [1.29, 1.82) is 0 Å². The molecular formula is C18H20N2O3. The standard InChI is InChI=1S/C18H20N2O3/c1-13-7-9-14(10-8-13)19-18(21)20(2)11-15-12-22-16-5-3-4-6-17(16)23-15/h3-10,15H,11-12H2,1-2H3,(H,19,21). The topological polar surface area (TPSA) is 50.8 Å². The minimum Gasteiger partial charge on any atom is -0.486 e. The molecule has 23 heavy (non-hydrogen) atoms. The summed E-state index contributed by atoms with van der Waals surface area (Å²) in [6.45, 7) is 2.89. The van der Waals surface area contributed by atoms with Crippen molar-refractivity contribution >= 4 is 11.7 Å². The van der Waals surface area contributed by atoms with E-state index in [1.807, 2.05) is 55.5 Å². The van der Waals surface area contributed by atoms with Crippen molar-refractivity contribution in [2.24, 2.45) is 0 Å². The van der Waals surface area contributed by atoms with E-state index in [1.54, 1.807) is 11.9 Å². The SMILES string of the molecule is Cc1ccc(NC(=O)N(C)CC2COc3ccccc3O2)cc1. The maximum atomic E-state index is 12.2. The summed E-state index contributed by atoms with van der Waals surface area (Å²) >= 11 is 0. The van der Waals surface area contributed by atoms with E-state index in [0.29, 0.717) is 13.2 Å². The number of aryl methyl sites for hydroxylation is 1. The molecule has 0 aromatic heterocycles. The zero-order chi connectivity index (χ0) is 16.2. The van der Waals surface area contributed by atoms with Crippen molar-refractivity contribution in [3.05, 3.63) is 54.1 Å². The molecule has 0 fully saturated rings. The van der Waals surface area contributed by atoms with Gasteiger partial charge in [0.15, 0.2) is 17.6 Å². The van der Waals surface area contributed by atoms with Crippen LogP contribution in [0.2, 0.25) is 0 Å². The van der Waals surface area contributed by atoms with E-state index < -0.39 is 0 Å². The van der Waals surface area contributed by atoms with Crippen LogP contribution in [0.4, 0.5) is 10.5 Å². The van der Waals surface area contributed by atoms with E-state index in [2.05, 4.69) is 5.32 Å². The monoisotopic (exact) mass is 312 g/mol. The van der Waals surface area contributed by atoms with E-state index in [9.17, 15) is 4.79 Å². The van der Waals surface area contributed by atoms with Gasteiger partial charge in [0.2, 0.25) is 0 Å². The van der Waals surface area contributed by atoms with Crippen molar-refractivity contribution in [1.82, 2.24) is 4.90 Å². The Morgan fingerprint density at radius 1 is 1.17 bits per heavy atom. The number of anilines is 1. The van der Waals surface area contributed by atoms with Crippen LogP contribution >= 0.6 is 0 Å². The number of hydrogen-bond donors (Lipinski definition) is 1. The zero-order valence-electron chi connectivity index (χ0n) is 13.3. The largest absolute Gasteiger partial charge is 0.486 e. The minimum atomic E-state index is -0.182. The fraction of sp³-hybridized carbons (Fsp3) is 0.278. The second-order valence-electron chi connectivity index (χ2n) is 5.67. The molecule has 2 amide bonds. The van der Waals surface area contributed by atoms with Gasteiger partial charge in [0.25, 0.3) is 0 Å². The van der Waals surface area contributed by atoms with Gasteiger partial charge in [0.1, 0.15) is 6.61 Å². The van der Waals surface area contributed by atoms with Gasteiger partial charge in [-0.3, -0.25) is 0 Å². The number of rotatable bonds is 3. The number of amides is 2. The normalized spacial score (nSPS) is 15.8. The Labute approximate surface area is 135 Å². The molecule has 1 heterocycles. The van der Waals surface area contributed by atoms with Gasteiger partial charge >= 0.3 is 6.03 Å². The quantitative estimate of drug-likeness (QED) is 0.946. The molecule has 0 spiro atoms. The van der Waals surface area contributed by atoms with Crippen LogP contribution in [-0.4, -0.2) is 37.2 Å². The molecule has 0 saturated heterocycles. The molecule has 0 radical (unpaired) electrons. The summed E-state index contributed by atoms with van der Waals surface area (Å²) in [7, 11) is 1.74. The number of nitrogens with zero attached hydrogens (tertiary/aromatic N) is 1. The van der Waals surface area contributed by atoms with E-state index >= 15 is 0 Å². The molecule has 1 aliphatic rings. The number of nitrogens with one attached hydrogen (secondary N) is 1. The molecule has 1 atom stereocenters. The van der Waals surface area contributed by atoms with Gasteiger partial charge < -0.3 is 19.7 Å². The number of carbonyl (C=O) groups is 1. The Morgan fingerprint density at radius 2 is 1.87 bits per heavy atom. The number of hydrogen-bond acceptors (Lipinski definition) is 3. The lowest BCUT2D eigenvalue weighted by molar-refractivity contribution is 0.0731. The highest BCUT2D eigenvalue weighted by Gasteiger charge is 2.23. The first-order valence-electron chi connectivity index (χ1n) is 7.59. The number of carbonyl (C=O) groups excluding carboxylic acids is 1. The van der Waals surface area contributed by atoms with Gasteiger partial charge in [0, 0.05) is 12.7 Å². The van der Waals surface area contributed by atoms with Crippen LogP contribution in [0, 0.1) is 6.92 Å². The van der Waals surface area contributed by atoms with Gasteiger partial charge in [-0.1, -0.05) is 29.8 Å². The third kappa shape index (κ3) is 3.74. The molecule has 0 saturated carbocycles. The maximum Gasteiger partial charge on any atom is 0.321 e. The first-order valence-corrected chi connectivity index (χ1v) is 7.59. The molecule has 120 valence electrons. The maximum absolute atomic E-state index is 12.2. The first-order chi connectivity index (χ1) is 11.1. The van der Waals surface area contributed by atoms with Crippen LogP contribution in [0.5, 0.6) is 11.5 Å². The summed E-state index contributed by atoms with van der Waals surface area (Å²) < 4.78 is 11.5. The summed E-state index contributed by atoms with van der Waals surface area (Å²) in [4.78, 5) is 13.8. The zero-order valence-corrected chi connectivity index (χ0v) is 13.3. The summed E-state index contributed by atoms with van der Waals surface area (Å²) in [5.41, 5.74) is 1.93. The van der Waals surface area contributed by atoms with Gasteiger partial charge in [-0.15, -0.1) is 0 Å². The van der Waals surface area contributed by atoms with Crippen LogP contribution in [0.15, 0.2) is 48.5 Å². The molecule has 5 heteroatoms. The number of benzene rings is 2. The highest BCUT2D eigenvalue weighted by atomic mass is 16.6. The Bertz CT molecular complexity index is 685. The van der Waals surface area contributed by atoms with E-state index in [4.69, 9.17) is 9.47 Å². The molecule has 0 aliphatic carbocycles. The predicted octanol–water partition coefficient (Wildman–Crippen LogP) is 3.30. The summed E-state index contributed by atoms with van der Waals surface area (Å²) in [5.74, 6) is 1.46. The predicted molar refractivity (Wildman–Crippen MR) is 89.2 cm³/mol. The fourth-order valence-corrected chi connectivity index (χ4v) is 2.40. The van der Waals surface area contributed by atoms with Crippen LogP contribution in [0.25, 0.3) is 0 Å². The summed E-state index contributed by atoms with van der Waals surface area (Å²) in [6.07, 6.45) is -0.182. The Hall–Kier alpha value is -2.69. The van der Waals surface area contributed by atoms with Crippen LogP contribution in [0.1, 0.15) is 5.56 Å². The number of para-hydroxylation sites is 2.